The van der Waals surface area contributed by atoms with Gasteiger partial charge in [0.1, 0.15) is 0 Å². The van der Waals surface area contributed by atoms with Crippen LogP contribution in [0.15, 0.2) is 0 Å². The normalized spacial score (nSPS) is 11.1. The topological polar surface area (TPSA) is 78.9 Å². The molecular formula is C24H46O6S. The number of hydrogen-bond acceptors (Lipinski definition) is 6. The van der Waals surface area contributed by atoms with Gasteiger partial charge in [0.15, 0.2) is 0 Å². The molecule has 0 aromatic heterocycles. The van der Waals surface area contributed by atoms with Gasteiger partial charge in [-0.05, 0) is 6.42 Å². The standard InChI is InChI=1S/C24H46O6S/c1-4-7-8-9-10-11-12-13-14-15-16-17-18-19-20-21-24(27)30-31(28-22(25)5-2)29-23(26)6-3/h31H,4-21H2,1-3H3. The molecule has 0 aromatic rings. The SMILES string of the molecule is CCCCCCCCCCCCCCCCCC(=O)O[SH](OC(=O)CC)OC(=O)CC. The summed E-state index contributed by atoms with van der Waals surface area (Å²) in [6.07, 6.45) is 19.4. The van der Waals surface area contributed by atoms with E-state index in [1.54, 1.807) is 13.8 Å². The number of unbranched alkanes of at least 4 members (excludes halogenated alkanes) is 14. The zero-order valence-electron chi connectivity index (χ0n) is 20.1. The van der Waals surface area contributed by atoms with Crippen molar-refractivity contribution in [1.29, 1.82) is 0 Å². The van der Waals surface area contributed by atoms with E-state index in [-0.39, 0.29) is 19.3 Å². The minimum atomic E-state index is -2.28. The Balaban J connectivity index is 3.62. The quantitative estimate of drug-likeness (QED) is 0.141. The van der Waals surface area contributed by atoms with Gasteiger partial charge in [-0.15, -0.1) is 0 Å². The molecule has 0 aliphatic carbocycles. The minimum Gasteiger partial charge on any atom is -0.352 e. The minimum absolute atomic E-state index is 0.124. The van der Waals surface area contributed by atoms with Gasteiger partial charge in [0.2, 0.25) is 11.7 Å². The summed E-state index contributed by atoms with van der Waals surface area (Å²) in [5, 5.41) is 0. The summed E-state index contributed by atoms with van der Waals surface area (Å²) in [4.78, 5) is 34.7. The second kappa shape index (κ2) is 22.0. The van der Waals surface area contributed by atoms with Gasteiger partial charge in [0.05, 0.1) is 0 Å². The Morgan fingerprint density at radius 2 is 0.806 bits per heavy atom. The average Bonchev–Trinajstić information content (AvgIpc) is 2.76. The molecule has 184 valence electrons. The highest BCUT2D eigenvalue weighted by atomic mass is 32.3. The molecule has 0 aliphatic heterocycles. The molecule has 0 aromatic carbocycles. The van der Waals surface area contributed by atoms with Crippen LogP contribution in [-0.2, 0) is 26.9 Å². The predicted molar refractivity (Wildman–Crippen MR) is 127 cm³/mol. The van der Waals surface area contributed by atoms with E-state index in [4.69, 9.17) is 12.5 Å². The number of thiol groups is 1. The number of hydrogen-bond donors (Lipinski definition) is 1. The van der Waals surface area contributed by atoms with E-state index in [2.05, 4.69) is 6.92 Å². The Labute approximate surface area is 193 Å². The van der Waals surface area contributed by atoms with Gasteiger partial charge in [0, 0.05) is 19.3 Å². The van der Waals surface area contributed by atoms with E-state index in [0.29, 0.717) is 0 Å². The summed E-state index contributed by atoms with van der Waals surface area (Å²) < 4.78 is 14.9. The zero-order valence-corrected chi connectivity index (χ0v) is 21.0. The fourth-order valence-corrected chi connectivity index (χ4v) is 4.08. The lowest BCUT2D eigenvalue weighted by atomic mass is 10.0. The fourth-order valence-electron chi connectivity index (χ4n) is 3.12. The third-order valence-corrected chi connectivity index (χ3v) is 6.15. The summed E-state index contributed by atoms with van der Waals surface area (Å²) in [7, 11) is 0. The average molecular weight is 463 g/mol. The van der Waals surface area contributed by atoms with E-state index >= 15 is 0 Å². The van der Waals surface area contributed by atoms with E-state index in [0.717, 1.165) is 19.3 Å². The molecule has 0 aliphatic rings. The van der Waals surface area contributed by atoms with Crippen LogP contribution in [0.3, 0.4) is 0 Å². The molecule has 0 bridgehead atoms. The van der Waals surface area contributed by atoms with Crippen molar-refractivity contribution in [2.24, 2.45) is 0 Å². The highest BCUT2D eigenvalue weighted by Gasteiger charge is 2.18. The van der Waals surface area contributed by atoms with Crippen molar-refractivity contribution in [2.45, 2.75) is 136 Å². The van der Waals surface area contributed by atoms with Gasteiger partial charge in [-0.2, -0.15) is 0 Å². The molecular weight excluding hydrogens is 416 g/mol. The van der Waals surface area contributed by atoms with Crippen molar-refractivity contribution in [3.63, 3.8) is 0 Å². The number of carbonyl (C=O) groups is 3. The second-order valence-corrected chi connectivity index (χ2v) is 9.02. The van der Waals surface area contributed by atoms with Crippen LogP contribution >= 0.6 is 11.7 Å². The lowest BCUT2D eigenvalue weighted by molar-refractivity contribution is -0.140. The Bertz CT molecular complexity index is 451. The monoisotopic (exact) mass is 462 g/mol. The first kappa shape index (κ1) is 29.8. The van der Waals surface area contributed by atoms with E-state index in [9.17, 15) is 14.4 Å². The van der Waals surface area contributed by atoms with Crippen LogP contribution in [0.4, 0.5) is 0 Å². The smallest absolute Gasteiger partial charge is 0.321 e. The van der Waals surface area contributed by atoms with Crippen molar-refractivity contribution in [3.8, 4) is 0 Å². The van der Waals surface area contributed by atoms with Crippen LogP contribution in [0.1, 0.15) is 136 Å². The molecule has 0 radical (unpaired) electrons. The molecule has 0 saturated heterocycles. The molecule has 0 fully saturated rings. The van der Waals surface area contributed by atoms with Crippen LogP contribution in [-0.4, -0.2) is 17.9 Å². The van der Waals surface area contributed by atoms with Crippen molar-refractivity contribution in [1.82, 2.24) is 0 Å². The van der Waals surface area contributed by atoms with Gasteiger partial charge < -0.3 is 12.5 Å². The van der Waals surface area contributed by atoms with Gasteiger partial charge >= 0.3 is 17.9 Å². The third kappa shape index (κ3) is 20.4. The van der Waals surface area contributed by atoms with Crippen LogP contribution < -0.4 is 0 Å². The summed E-state index contributed by atoms with van der Waals surface area (Å²) in [5.74, 6) is -1.61. The van der Waals surface area contributed by atoms with Crippen LogP contribution in [0.25, 0.3) is 0 Å². The van der Waals surface area contributed by atoms with Gasteiger partial charge in [0.25, 0.3) is 0 Å². The molecule has 7 heteroatoms. The lowest BCUT2D eigenvalue weighted by Gasteiger charge is -2.19. The third-order valence-electron chi connectivity index (χ3n) is 5.09. The van der Waals surface area contributed by atoms with E-state index < -0.39 is 29.6 Å². The van der Waals surface area contributed by atoms with Crippen molar-refractivity contribution in [2.75, 3.05) is 0 Å². The van der Waals surface area contributed by atoms with Crippen LogP contribution in [0.2, 0.25) is 0 Å². The van der Waals surface area contributed by atoms with Crippen molar-refractivity contribution < 1.29 is 26.9 Å². The molecule has 0 N–H and O–H groups in total. The zero-order chi connectivity index (χ0) is 23.2. The van der Waals surface area contributed by atoms with Gasteiger partial charge in [-0.1, -0.05) is 111 Å². The maximum atomic E-state index is 11.9. The molecule has 6 nitrogen and oxygen atoms in total. The van der Waals surface area contributed by atoms with Gasteiger partial charge in [-0.25, -0.2) is 0 Å². The highest BCUT2D eigenvalue weighted by molar-refractivity contribution is 8.05. The summed E-state index contributed by atoms with van der Waals surface area (Å²) >= 11 is -2.28. The largest absolute Gasteiger partial charge is 0.352 e. The first-order valence-corrected chi connectivity index (χ1v) is 13.5. The Hall–Kier alpha value is -1.24. The summed E-state index contributed by atoms with van der Waals surface area (Å²) in [5.41, 5.74) is 0. The molecule has 0 spiro atoms. The maximum absolute atomic E-state index is 11.9. The second-order valence-electron chi connectivity index (χ2n) is 8.02. The van der Waals surface area contributed by atoms with Crippen LogP contribution in [0, 0.1) is 0 Å². The highest BCUT2D eigenvalue weighted by Crippen LogP contribution is 2.32. The number of rotatable bonds is 21. The first-order valence-electron chi connectivity index (χ1n) is 12.5. The van der Waals surface area contributed by atoms with Crippen molar-refractivity contribution in [3.05, 3.63) is 0 Å². The van der Waals surface area contributed by atoms with E-state index in [1.807, 2.05) is 0 Å². The Morgan fingerprint density at radius 3 is 1.16 bits per heavy atom. The maximum Gasteiger partial charge on any atom is 0.321 e. The molecule has 0 saturated carbocycles. The first-order chi connectivity index (χ1) is 15.0. The van der Waals surface area contributed by atoms with Crippen molar-refractivity contribution >= 4 is 29.6 Å². The van der Waals surface area contributed by atoms with E-state index in [1.165, 1.54) is 77.0 Å². The molecule has 0 unspecified atom stereocenters. The molecule has 0 heterocycles. The predicted octanol–water partition coefficient (Wildman–Crippen LogP) is 7.44. The number of carbonyl (C=O) groups excluding carboxylic acids is 3. The van der Waals surface area contributed by atoms with Crippen LogP contribution in [0.5, 0.6) is 0 Å². The lowest BCUT2D eigenvalue weighted by Crippen LogP contribution is -2.12. The Kier molecular flexibility index (Phi) is 21.1. The molecule has 0 atom stereocenters. The summed E-state index contributed by atoms with van der Waals surface area (Å²) in [6, 6.07) is 0. The Morgan fingerprint density at radius 1 is 0.484 bits per heavy atom. The molecule has 0 rings (SSSR count). The fraction of sp³-hybridized carbons (Fsp3) is 0.875. The molecule has 31 heavy (non-hydrogen) atoms. The van der Waals surface area contributed by atoms with Gasteiger partial charge in [-0.3, -0.25) is 14.4 Å². The molecule has 0 amide bonds. The summed E-state index contributed by atoms with van der Waals surface area (Å²) in [6.45, 7) is 5.50.